The summed E-state index contributed by atoms with van der Waals surface area (Å²) in [5, 5.41) is 5.92. The Morgan fingerprint density at radius 1 is 1.30 bits per heavy atom. The van der Waals surface area contributed by atoms with Crippen molar-refractivity contribution in [3.05, 3.63) is 55.3 Å². The van der Waals surface area contributed by atoms with Crippen molar-refractivity contribution in [2.45, 2.75) is 38.1 Å². The van der Waals surface area contributed by atoms with Gasteiger partial charge in [0, 0.05) is 0 Å². The normalized spacial score (nSPS) is 16.9. The highest BCUT2D eigenvalue weighted by Crippen LogP contribution is 2.37. The molecule has 1 aromatic carbocycles. The van der Waals surface area contributed by atoms with Crippen LogP contribution in [-0.4, -0.2) is 6.54 Å². The Morgan fingerprint density at radius 2 is 2.15 bits per heavy atom. The van der Waals surface area contributed by atoms with Gasteiger partial charge in [0.05, 0.1) is 8.93 Å². The molecule has 0 amide bonds. The molecular weight excluding hydrogens is 377 g/mol. The number of hydrogen-bond donors (Lipinski definition) is 1. The van der Waals surface area contributed by atoms with Crippen LogP contribution in [0.25, 0.3) is 0 Å². The van der Waals surface area contributed by atoms with Gasteiger partial charge in [0.15, 0.2) is 0 Å². The van der Waals surface area contributed by atoms with Crippen LogP contribution in [0.4, 0.5) is 0 Å². The standard InChI is InChI=1S/C17H20INS/c1-2-19-17(15-10-16(18)20-11-15)14-8-4-7-13(9-14)12-5-3-6-12/h4,7-12,17,19H,2-3,5-6H2,1H3. The molecule has 1 aliphatic carbocycles. The molecule has 0 saturated heterocycles. The van der Waals surface area contributed by atoms with E-state index in [9.17, 15) is 0 Å². The summed E-state index contributed by atoms with van der Waals surface area (Å²) >= 11 is 4.23. The fraction of sp³-hybridized carbons (Fsp3) is 0.412. The summed E-state index contributed by atoms with van der Waals surface area (Å²) < 4.78 is 1.36. The van der Waals surface area contributed by atoms with Crippen LogP contribution < -0.4 is 5.32 Å². The lowest BCUT2D eigenvalue weighted by Crippen LogP contribution is -2.22. The predicted octanol–water partition coefficient (Wildman–Crippen LogP) is 5.32. The summed E-state index contributed by atoms with van der Waals surface area (Å²) in [6.07, 6.45) is 4.13. The van der Waals surface area contributed by atoms with Gasteiger partial charge in [0.25, 0.3) is 0 Å². The van der Waals surface area contributed by atoms with Crippen LogP contribution in [0.1, 0.15) is 54.8 Å². The summed E-state index contributed by atoms with van der Waals surface area (Å²) in [6.45, 7) is 3.17. The summed E-state index contributed by atoms with van der Waals surface area (Å²) in [5.74, 6) is 0.805. The van der Waals surface area contributed by atoms with E-state index in [1.807, 2.05) is 11.3 Å². The molecule has 1 aromatic heterocycles. The van der Waals surface area contributed by atoms with E-state index < -0.39 is 0 Å². The predicted molar refractivity (Wildman–Crippen MR) is 95.6 cm³/mol. The number of benzene rings is 1. The number of thiophene rings is 1. The molecule has 3 heteroatoms. The van der Waals surface area contributed by atoms with Gasteiger partial charge in [-0.2, -0.15) is 0 Å². The average molecular weight is 397 g/mol. The molecule has 106 valence electrons. The Hall–Kier alpha value is -0.390. The molecule has 0 radical (unpaired) electrons. The lowest BCUT2D eigenvalue weighted by Gasteiger charge is -2.27. The number of rotatable bonds is 5. The fourth-order valence-electron chi connectivity index (χ4n) is 2.84. The number of hydrogen-bond acceptors (Lipinski definition) is 2. The Balaban J connectivity index is 1.90. The minimum absolute atomic E-state index is 0.333. The Kier molecular flexibility index (Phi) is 4.79. The third-order valence-electron chi connectivity index (χ3n) is 4.15. The van der Waals surface area contributed by atoms with Gasteiger partial charge in [-0.3, -0.25) is 0 Å². The molecule has 0 aliphatic heterocycles. The molecule has 1 heterocycles. The Morgan fingerprint density at radius 3 is 2.75 bits per heavy atom. The maximum Gasteiger partial charge on any atom is 0.0656 e. The topological polar surface area (TPSA) is 12.0 Å². The lowest BCUT2D eigenvalue weighted by molar-refractivity contribution is 0.419. The van der Waals surface area contributed by atoms with Gasteiger partial charge in [0.1, 0.15) is 0 Å². The van der Waals surface area contributed by atoms with Crippen molar-refractivity contribution in [2.24, 2.45) is 0 Å². The molecule has 2 aromatic rings. The largest absolute Gasteiger partial charge is 0.307 e. The van der Waals surface area contributed by atoms with E-state index in [2.05, 4.69) is 70.5 Å². The summed E-state index contributed by atoms with van der Waals surface area (Å²) in [4.78, 5) is 0. The highest BCUT2D eigenvalue weighted by molar-refractivity contribution is 14.1. The van der Waals surface area contributed by atoms with Crippen LogP contribution in [0.3, 0.4) is 0 Å². The maximum absolute atomic E-state index is 3.63. The lowest BCUT2D eigenvalue weighted by atomic mass is 9.79. The number of nitrogens with one attached hydrogen (secondary N) is 1. The van der Waals surface area contributed by atoms with Gasteiger partial charge in [-0.05, 0) is 76.0 Å². The van der Waals surface area contributed by atoms with Crippen LogP contribution >= 0.6 is 33.9 Å². The SMILES string of the molecule is CCNC(c1cccc(C2CCC2)c1)c1csc(I)c1. The van der Waals surface area contributed by atoms with Crippen molar-refractivity contribution in [2.75, 3.05) is 6.54 Å². The Labute approximate surface area is 138 Å². The van der Waals surface area contributed by atoms with Crippen molar-refractivity contribution < 1.29 is 0 Å². The molecule has 1 nitrogen and oxygen atoms in total. The average Bonchev–Trinajstić information content (AvgIpc) is 2.81. The van der Waals surface area contributed by atoms with Gasteiger partial charge >= 0.3 is 0 Å². The molecule has 1 N–H and O–H groups in total. The minimum Gasteiger partial charge on any atom is -0.307 e. The van der Waals surface area contributed by atoms with Crippen LogP contribution in [-0.2, 0) is 0 Å². The third kappa shape index (κ3) is 3.10. The van der Waals surface area contributed by atoms with Crippen LogP contribution in [0.5, 0.6) is 0 Å². The first-order chi connectivity index (χ1) is 9.78. The van der Waals surface area contributed by atoms with Crippen LogP contribution in [0.15, 0.2) is 35.7 Å². The van der Waals surface area contributed by atoms with E-state index in [1.165, 1.54) is 38.8 Å². The highest BCUT2D eigenvalue weighted by atomic mass is 127. The summed E-state index contributed by atoms with van der Waals surface area (Å²) in [7, 11) is 0. The number of halogens is 1. The van der Waals surface area contributed by atoms with Gasteiger partial charge in [-0.25, -0.2) is 0 Å². The first kappa shape index (κ1) is 14.5. The highest BCUT2D eigenvalue weighted by Gasteiger charge is 2.21. The monoisotopic (exact) mass is 397 g/mol. The summed E-state index contributed by atoms with van der Waals surface area (Å²) in [5.41, 5.74) is 4.33. The van der Waals surface area contributed by atoms with E-state index >= 15 is 0 Å². The molecule has 3 rings (SSSR count). The van der Waals surface area contributed by atoms with Crippen molar-refractivity contribution in [1.82, 2.24) is 5.32 Å². The van der Waals surface area contributed by atoms with Crippen molar-refractivity contribution in [1.29, 1.82) is 0 Å². The van der Waals surface area contributed by atoms with Crippen LogP contribution in [0.2, 0.25) is 0 Å². The fourth-order valence-corrected chi connectivity index (χ4v) is 4.24. The minimum atomic E-state index is 0.333. The first-order valence-corrected chi connectivity index (χ1v) is 9.31. The quantitative estimate of drug-likeness (QED) is 0.674. The van der Waals surface area contributed by atoms with Crippen LogP contribution in [0, 0.1) is 2.88 Å². The van der Waals surface area contributed by atoms with Crippen molar-refractivity contribution in [3.63, 3.8) is 0 Å². The van der Waals surface area contributed by atoms with Gasteiger partial charge in [0.2, 0.25) is 0 Å². The van der Waals surface area contributed by atoms with E-state index in [0.717, 1.165) is 12.5 Å². The van der Waals surface area contributed by atoms with Gasteiger partial charge in [-0.15, -0.1) is 11.3 Å². The van der Waals surface area contributed by atoms with Gasteiger partial charge in [-0.1, -0.05) is 37.6 Å². The molecule has 1 aliphatic rings. The Bertz CT molecular complexity index is 574. The molecule has 1 unspecified atom stereocenters. The van der Waals surface area contributed by atoms with E-state index in [4.69, 9.17) is 0 Å². The van der Waals surface area contributed by atoms with E-state index in [-0.39, 0.29) is 0 Å². The molecule has 1 saturated carbocycles. The molecule has 0 bridgehead atoms. The van der Waals surface area contributed by atoms with Crippen molar-refractivity contribution in [3.8, 4) is 0 Å². The molecule has 1 atom stereocenters. The second-order valence-corrected chi connectivity index (χ2v) is 8.28. The second kappa shape index (κ2) is 6.58. The zero-order chi connectivity index (χ0) is 13.9. The molecular formula is C17H20INS. The molecule has 1 fully saturated rings. The van der Waals surface area contributed by atoms with Crippen molar-refractivity contribution >= 4 is 33.9 Å². The molecule has 20 heavy (non-hydrogen) atoms. The maximum atomic E-state index is 3.63. The smallest absolute Gasteiger partial charge is 0.0656 e. The van der Waals surface area contributed by atoms with Gasteiger partial charge < -0.3 is 5.32 Å². The first-order valence-electron chi connectivity index (χ1n) is 7.35. The second-order valence-electron chi connectivity index (χ2n) is 5.47. The zero-order valence-corrected chi connectivity index (χ0v) is 14.7. The summed E-state index contributed by atoms with van der Waals surface area (Å²) in [6, 6.07) is 11.8. The zero-order valence-electron chi connectivity index (χ0n) is 11.7. The molecule has 0 spiro atoms. The third-order valence-corrected chi connectivity index (χ3v) is 5.96. The van der Waals surface area contributed by atoms with E-state index in [0.29, 0.717) is 6.04 Å². The van der Waals surface area contributed by atoms with E-state index in [1.54, 1.807) is 0 Å².